The van der Waals surface area contributed by atoms with E-state index in [1.54, 1.807) is 17.0 Å². The Morgan fingerprint density at radius 1 is 0.964 bits per heavy atom. The highest BCUT2D eigenvalue weighted by Crippen LogP contribution is 2.30. The molecule has 2 heterocycles. The van der Waals surface area contributed by atoms with Crippen LogP contribution in [0.25, 0.3) is 0 Å². The average molecular weight is 383 g/mol. The Kier molecular flexibility index (Phi) is 5.64. The van der Waals surface area contributed by atoms with Crippen LogP contribution in [0.3, 0.4) is 0 Å². The fourth-order valence-corrected chi connectivity index (χ4v) is 4.85. The number of carbonyl (C=O) groups excluding carboxylic acids is 3. The molecule has 6 nitrogen and oxygen atoms in total. The second-order valence-corrected chi connectivity index (χ2v) is 8.28. The normalized spacial score (nSPS) is 21.8. The van der Waals surface area contributed by atoms with Crippen LogP contribution in [-0.4, -0.2) is 53.3 Å². The number of urea groups is 1. The van der Waals surface area contributed by atoms with Gasteiger partial charge in [-0.1, -0.05) is 43.9 Å². The van der Waals surface area contributed by atoms with Gasteiger partial charge in [-0.15, -0.1) is 0 Å². The minimum atomic E-state index is -0.234. The summed E-state index contributed by atoms with van der Waals surface area (Å²) in [6.45, 7) is 1.49. The number of amides is 4. The van der Waals surface area contributed by atoms with Crippen molar-refractivity contribution in [2.75, 3.05) is 24.5 Å². The van der Waals surface area contributed by atoms with Gasteiger partial charge in [-0.2, -0.15) is 0 Å². The Bertz CT molecular complexity index is 722. The van der Waals surface area contributed by atoms with Crippen LogP contribution in [-0.2, 0) is 9.59 Å². The Hall–Kier alpha value is -2.37. The van der Waals surface area contributed by atoms with E-state index in [0.29, 0.717) is 25.2 Å². The van der Waals surface area contributed by atoms with E-state index in [2.05, 4.69) is 0 Å². The van der Waals surface area contributed by atoms with Crippen LogP contribution in [0.5, 0.6) is 0 Å². The Morgan fingerprint density at radius 2 is 1.64 bits per heavy atom. The number of para-hydroxylation sites is 1. The van der Waals surface area contributed by atoms with Crippen LogP contribution in [0.4, 0.5) is 10.5 Å². The SMILES string of the molecule is O=C(CCC1CCCC1)N1CCC(N2CC(=O)N(c3ccccc3)C2=O)CC1. The Balaban J connectivity index is 1.29. The van der Waals surface area contributed by atoms with Crippen molar-refractivity contribution in [1.29, 1.82) is 0 Å². The molecular weight excluding hydrogens is 354 g/mol. The molecule has 150 valence electrons. The fraction of sp³-hybridized carbons (Fsp3) is 0.591. The van der Waals surface area contributed by atoms with Crippen molar-refractivity contribution in [3.05, 3.63) is 30.3 Å². The molecule has 4 rings (SSSR count). The van der Waals surface area contributed by atoms with Crippen molar-refractivity contribution < 1.29 is 14.4 Å². The van der Waals surface area contributed by atoms with Crippen LogP contribution in [0.1, 0.15) is 51.4 Å². The lowest BCUT2D eigenvalue weighted by atomic mass is 9.99. The van der Waals surface area contributed by atoms with Gasteiger partial charge in [0, 0.05) is 25.6 Å². The summed E-state index contributed by atoms with van der Waals surface area (Å²) in [5.74, 6) is 0.810. The van der Waals surface area contributed by atoms with Crippen molar-refractivity contribution in [1.82, 2.24) is 9.80 Å². The number of hydrogen-bond donors (Lipinski definition) is 0. The highest BCUT2D eigenvalue weighted by Gasteiger charge is 2.41. The number of piperidine rings is 1. The molecule has 0 atom stereocenters. The van der Waals surface area contributed by atoms with E-state index < -0.39 is 0 Å². The van der Waals surface area contributed by atoms with E-state index in [9.17, 15) is 14.4 Å². The highest BCUT2D eigenvalue weighted by molar-refractivity contribution is 6.19. The number of nitrogens with zero attached hydrogens (tertiary/aromatic N) is 3. The van der Waals surface area contributed by atoms with E-state index in [-0.39, 0.29) is 30.4 Å². The molecule has 4 amide bonds. The first kappa shape index (κ1) is 19.0. The molecule has 0 bridgehead atoms. The van der Waals surface area contributed by atoms with E-state index in [1.807, 2.05) is 23.1 Å². The summed E-state index contributed by atoms with van der Waals surface area (Å²) in [4.78, 5) is 42.7. The molecule has 6 heteroatoms. The third kappa shape index (κ3) is 3.91. The molecule has 0 unspecified atom stereocenters. The van der Waals surface area contributed by atoms with Crippen molar-refractivity contribution >= 4 is 23.5 Å². The van der Waals surface area contributed by atoms with Gasteiger partial charge in [-0.3, -0.25) is 9.59 Å². The first-order valence-corrected chi connectivity index (χ1v) is 10.6. The molecule has 1 aliphatic carbocycles. The number of carbonyl (C=O) groups is 3. The van der Waals surface area contributed by atoms with Gasteiger partial charge in [0.05, 0.1) is 5.69 Å². The lowest BCUT2D eigenvalue weighted by molar-refractivity contribution is -0.133. The van der Waals surface area contributed by atoms with Crippen LogP contribution >= 0.6 is 0 Å². The third-order valence-electron chi connectivity index (χ3n) is 6.51. The number of benzene rings is 1. The zero-order valence-corrected chi connectivity index (χ0v) is 16.4. The van der Waals surface area contributed by atoms with Gasteiger partial charge in [0.25, 0.3) is 5.91 Å². The number of anilines is 1. The third-order valence-corrected chi connectivity index (χ3v) is 6.51. The molecule has 28 heavy (non-hydrogen) atoms. The lowest BCUT2D eigenvalue weighted by Gasteiger charge is -2.36. The quantitative estimate of drug-likeness (QED) is 0.732. The van der Waals surface area contributed by atoms with Gasteiger partial charge in [0.15, 0.2) is 0 Å². The van der Waals surface area contributed by atoms with Crippen molar-refractivity contribution in [3.63, 3.8) is 0 Å². The van der Waals surface area contributed by atoms with Crippen LogP contribution in [0.15, 0.2) is 30.3 Å². The van der Waals surface area contributed by atoms with Gasteiger partial charge in [-0.25, -0.2) is 9.69 Å². The summed E-state index contributed by atoms with van der Waals surface area (Å²) in [6, 6.07) is 8.88. The van der Waals surface area contributed by atoms with Crippen molar-refractivity contribution in [2.45, 2.75) is 57.4 Å². The molecule has 2 saturated heterocycles. The number of hydrogen-bond acceptors (Lipinski definition) is 3. The smallest absolute Gasteiger partial charge is 0.332 e. The van der Waals surface area contributed by atoms with Gasteiger partial charge >= 0.3 is 6.03 Å². The zero-order valence-electron chi connectivity index (χ0n) is 16.4. The predicted molar refractivity (Wildman–Crippen MR) is 107 cm³/mol. The standard InChI is InChI=1S/C22H29N3O3/c26-20(11-10-17-6-4-5-7-17)23-14-12-18(13-15-23)24-16-21(27)25(22(24)28)19-8-2-1-3-9-19/h1-3,8-9,17-18H,4-7,10-16H2. The molecule has 3 aliphatic rings. The maximum Gasteiger partial charge on any atom is 0.332 e. The van der Waals surface area contributed by atoms with Gasteiger partial charge in [-0.05, 0) is 37.3 Å². The minimum absolute atomic E-state index is 0.0315. The van der Waals surface area contributed by atoms with Crippen LogP contribution < -0.4 is 4.90 Å². The maximum atomic E-state index is 12.8. The summed E-state index contributed by atoms with van der Waals surface area (Å²) in [7, 11) is 0. The van der Waals surface area contributed by atoms with Gasteiger partial charge in [0.1, 0.15) is 6.54 Å². The first-order chi connectivity index (χ1) is 13.6. The molecule has 2 aliphatic heterocycles. The molecule has 0 spiro atoms. The number of likely N-dealkylation sites (tertiary alicyclic amines) is 1. The predicted octanol–water partition coefficient (Wildman–Crippen LogP) is 3.42. The molecule has 0 radical (unpaired) electrons. The van der Waals surface area contributed by atoms with Gasteiger partial charge in [0.2, 0.25) is 5.91 Å². The van der Waals surface area contributed by atoms with Crippen molar-refractivity contribution in [2.24, 2.45) is 5.92 Å². The van der Waals surface area contributed by atoms with E-state index in [0.717, 1.165) is 25.2 Å². The van der Waals surface area contributed by atoms with Crippen molar-refractivity contribution in [3.8, 4) is 0 Å². The Labute approximate surface area is 166 Å². The summed E-state index contributed by atoms with van der Waals surface area (Å²) in [5, 5.41) is 0. The molecule has 1 aromatic carbocycles. The number of imide groups is 1. The fourth-order valence-electron chi connectivity index (χ4n) is 4.85. The summed E-state index contributed by atoms with van der Waals surface area (Å²) < 4.78 is 0. The Morgan fingerprint density at radius 3 is 2.32 bits per heavy atom. The molecule has 3 fully saturated rings. The zero-order chi connectivity index (χ0) is 19.5. The highest BCUT2D eigenvalue weighted by atomic mass is 16.2. The van der Waals surface area contributed by atoms with Crippen LogP contribution in [0.2, 0.25) is 0 Å². The summed E-state index contributed by atoms with van der Waals surface area (Å²) in [5.41, 5.74) is 0.625. The minimum Gasteiger partial charge on any atom is -0.343 e. The van der Waals surface area contributed by atoms with E-state index >= 15 is 0 Å². The number of rotatable bonds is 5. The molecule has 1 aromatic rings. The lowest BCUT2D eigenvalue weighted by Crippen LogP contribution is -2.48. The molecule has 0 N–H and O–H groups in total. The van der Waals surface area contributed by atoms with E-state index in [1.165, 1.54) is 30.6 Å². The average Bonchev–Trinajstić information content (AvgIpc) is 3.34. The molecule has 1 saturated carbocycles. The van der Waals surface area contributed by atoms with Gasteiger partial charge < -0.3 is 9.80 Å². The second kappa shape index (κ2) is 8.33. The van der Waals surface area contributed by atoms with E-state index in [4.69, 9.17) is 0 Å². The molecular formula is C22H29N3O3. The second-order valence-electron chi connectivity index (χ2n) is 8.28. The summed E-state index contributed by atoms with van der Waals surface area (Å²) in [6.07, 6.45) is 8.34. The maximum absolute atomic E-state index is 12.8. The monoisotopic (exact) mass is 383 g/mol. The van der Waals surface area contributed by atoms with Crippen LogP contribution in [0, 0.1) is 5.92 Å². The molecule has 0 aromatic heterocycles. The largest absolute Gasteiger partial charge is 0.343 e. The summed E-state index contributed by atoms with van der Waals surface area (Å²) >= 11 is 0. The topological polar surface area (TPSA) is 60.9 Å². The first-order valence-electron chi connectivity index (χ1n) is 10.6.